The molecule has 0 atom stereocenters. The number of nitrogens with zero attached hydrogens (tertiary/aromatic N) is 2. The molecule has 1 aliphatic rings. The zero-order chi connectivity index (χ0) is 13.6. The second-order valence-corrected chi connectivity index (χ2v) is 5.70. The first kappa shape index (κ1) is 15.0. The molecule has 0 bridgehead atoms. The van der Waals surface area contributed by atoms with E-state index >= 15 is 0 Å². The second kappa shape index (κ2) is 6.78. The third kappa shape index (κ3) is 3.25. The van der Waals surface area contributed by atoms with E-state index in [0.717, 1.165) is 51.5 Å². The maximum atomic E-state index is 12.6. The molecule has 102 valence electrons. The molecule has 0 saturated heterocycles. The van der Waals surface area contributed by atoms with Crippen molar-refractivity contribution in [1.29, 1.82) is 5.26 Å². The minimum absolute atomic E-state index is 0.0774. The summed E-state index contributed by atoms with van der Waals surface area (Å²) in [6.45, 7) is 7.05. The third-order valence-electron chi connectivity index (χ3n) is 3.97. The van der Waals surface area contributed by atoms with E-state index in [9.17, 15) is 10.1 Å². The average molecular weight is 250 g/mol. The third-order valence-corrected chi connectivity index (χ3v) is 3.97. The Bertz CT molecular complexity index is 311. The van der Waals surface area contributed by atoms with Gasteiger partial charge >= 0.3 is 0 Å². The van der Waals surface area contributed by atoms with Crippen LogP contribution in [0.25, 0.3) is 0 Å². The lowest BCUT2D eigenvalue weighted by atomic mass is 9.86. The van der Waals surface area contributed by atoms with Gasteiger partial charge < -0.3 is 4.90 Å². The number of unbranched alkanes of at least 4 members (excludes halogenated alkanes) is 2. The highest BCUT2D eigenvalue weighted by Crippen LogP contribution is 2.39. The van der Waals surface area contributed by atoms with E-state index in [1.54, 1.807) is 0 Å². The molecule has 0 aromatic rings. The number of carbonyl (C=O) groups excluding carboxylic acids is 1. The van der Waals surface area contributed by atoms with Crippen molar-refractivity contribution < 1.29 is 4.79 Å². The summed E-state index contributed by atoms with van der Waals surface area (Å²) < 4.78 is 0. The molecular formula is C15H26N2O. The van der Waals surface area contributed by atoms with Gasteiger partial charge in [-0.2, -0.15) is 5.26 Å². The van der Waals surface area contributed by atoms with Crippen LogP contribution in [0.5, 0.6) is 0 Å². The van der Waals surface area contributed by atoms with E-state index in [0.29, 0.717) is 0 Å². The zero-order valence-corrected chi connectivity index (χ0v) is 12.0. The van der Waals surface area contributed by atoms with Crippen LogP contribution in [0.1, 0.15) is 65.7 Å². The molecule has 0 spiro atoms. The summed E-state index contributed by atoms with van der Waals surface area (Å²) in [6, 6.07) is 2.51. The van der Waals surface area contributed by atoms with E-state index in [-0.39, 0.29) is 11.9 Å². The quantitative estimate of drug-likeness (QED) is 0.677. The highest BCUT2D eigenvalue weighted by molar-refractivity contribution is 5.86. The molecule has 3 nitrogen and oxygen atoms in total. The van der Waals surface area contributed by atoms with Crippen LogP contribution in [0.4, 0.5) is 0 Å². The van der Waals surface area contributed by atoms with E-state index in [2.05, 4.69) is 13.0 Å². The predicted molar refractivity (Wildman–Crippen MR) is 72.9 cm³/mol. The number of hydrogen-bond donors (Lipinski definition) is 0. The Labute approximate surface area is 111 Å². The summed E-state index contributed by atoms with van der Waals surface area (Å²) in [4.78, 5) is 14.6. The normalized spacial score (nSPS) is 17.7. The van der Waals surface area contributed by atoms with Crippen molar-refractivity contribution in [1.82, 2.24) is 4.90 Å². The number of rotatable bonds is 6. The van der Waals surface area contributed by atoms with Gasteiger partial charge in [0.25, 0.3) is 0 Å². The van der Waals surface area contributed by atoms with Gasteiger partial charge in [0.1, 0.15) is 5.41 Å². The van der Waals surface area contributed by atoms with Gasteiger partial charge in [0.05, 0.1) is 6.07 Å². The van der Waals surface area contributed by atoms with Gasteiger partial charge in [-0.05, 0) is 33.1 Å². The van der Waals surface area contributed by atoms with Crippen molar-refractivity contribution in [3.05, 3.63) is 0 Å². The number of hydrogen-bond acceptors (Lipinski definition) is 2. The minimum Gasteiger partial charge on any atom is -0.339 e. The zero-order valence-electron chi connectivity index (χ0n) is 12.0. The number of amides is 1. The van der Waals surface area contributed by atoms with Crippen molar-refractivity contribution in [2.75, 3.05) is 6.54 Å². The minimum atomic E-state index is -0.712. The Hall–Kier alpha value is -1.04. The lowest BCUT2D eigenvalue weighted by Crippen LogP contribution is -2.46. The first-order chi connectivity index (χ1) is 8.57. The monoisotopic (exact) mass is 250 g/mol. The first-order valence-corrected chi connectivity index (χ1v) is 7.29. The van der Waals surface area contributed by atoms with Crippen LogP contribution in [-0.4, -0.2) is 23.4 Å². The fourth-order valence-electron chi connectivity index (χ4n) is 2.75. The van der Waals surface area contributed by atoms with E-state index in [1.807, 2.05) is 18.7 Å². The summed E-state index contributed by atoms with van der Waals surface area (Å²) in [5, 5.41) is 9.39. The fourth-order valence-corrected chi connectivity index (χ4v) is 2.75. The molecule has 0 unspecified atom stereocenters. The van der Waals surface area contributed by atoms with Gasteiger partial charge in [-0.15, -0.1) is 0 Å². The topological polar surface area (TPSA) is 44.1 Å². The van der Waals surface area contributed by atoms with Crippen LogP contribution in [0.3, 0.4) is 0 Å². The van der Waals surface area contributed by atoms with Gasteiger partial charge in [0.2, 0.25) is 5.91 Å². The Morgan fingerprint density at radius 3 is 2.39 bits per heavy atom. The molecule has 18 heavy (non-hydrogen) atoms. The van der Waals surface area contributed by atoms with Crippen molar-refractivity contribution in [2.24, 2.45) is 5.41 Å². The lowest BCUT2D eigenvalue weighted by molar-refractivity contribution is -0.140. The molecule has 1 amide bonds. The van der Waals surface area contributed by atoms with Crippen molar-refractivity contribution in [2.45, 2.75) is 71.8 Å². The molecule has 0 aliphatic heterocycles. The number of carbonyl (C=O) groups is 1. The summed E-state index contributed by atoms with van der Waals surface area (Å²) in [7, 11) is 0. The Balaban J connectivity index is 2.72. The molecule has 1 fully saturated rings. The molecule has 0 heterocycles. The van der Waals surface area contributed by atoms with Gasteiger partial charge in [-0.1, -0.05) is 32.6 Å². The number of nitriles is 1. The molecule has 1 saturated carbocycles. The van der Waals surface area contributed by atoms with Crippen LogP contribution >= 0.6 is 0 Å². The summed E-state index contributed by atoms with van der Waals surface area (Å²) in [5.41, 5.74) is -0.712. The predicted octanol–water partition coefficient (Wildman–Crippen LogP) is 3.50. The van der Waals surface area contributed by atoms with Gasteiger partial charge in [0, 0.05) is 12.6 Å². The first-order valence-electron chi connectivity index (χ1n) is 7.29. The van der Waals surface area contributed by atoms with E-state index in [4.69, 9.17) is 0 Å². The Kier molecular flexibility index (Phi) is 5.65. The van der Waals surface area contributed by atoms with Crippen LogP contribution in [0, 0.1) is 16.7 Å². The SMILES string of the molecule is CCCCCN(C(=O)C1(C#N)CCCC1)C(C)C. The largest absolute Gasteiger partial charge is 0.339 e. The molecule has 0 aromatic carbocycles. The van der Waals surface area contributed by atoms with Gasteiger partial charge in [-0.3, -0.25) is 4.79 Å². The molecule has 1 rings (SSSR count). The standard InChI is InChI=1S/C15H26N2O/c1-4-5-8-11-17(13(2)3)14(18)15(12-16)9-6-7-10-15/h13H,4-11H2,1-3H3. The highest BCUT2D eigenvalue weighted by Gasteiger charge is 2.44. The van der Waals surface area contributed by atoms with Crippen LogP contribution in [-0.2, 0) is 4.79 Å². The average Bonchev–Trinajstić information content (AvgIpc) is 2.83. The Morgan fingerprint density at radius 1 is 1.33 bits per heavy atom. The highest BCUT2D eigenvalue weighted by atomic mass is 16.2. The smallest absolute Gasteiger partial charge is 0.243 e. The van der Waals surface area contributed by atoms with Gasteiger partial charge in [-0.25, -0.2) is 0 Å². The lowest BCUT2D eigenvalue weighted by Gasteiger charge is -2.33. The molecule has 3 heteroatoms. The second-order valence-electron chi connectivity index (χ2n) is 5.70. The van der Waals surface area contributed by atoms with Crippen molar-refractivity contribution >= 4 is 5.91 Å². The summed E-state index contributed by atoms with van der Waals surface area (Å²) in [5.74, 6) is 0.0774. The van der Waals surface area contributed by atoms with Gasteiger partial charge in [0.15, 0.2) is 0 Å². The molecular weight excluding hydrogens is 224 g/mol. The molecule has 0 N–H and O–H groups in total. The van der Waals surface area contributed by atoms with Crippen LogP contribution < -0.4 is 0 Å². The van der Waals surface area contributed by atoms with Crippen LogP contribution in [0.2, 0.25) is 0 Å². The summed E-state index contributed by atoms with van der Waals surface area (Å²) in [6.07, 6.45) is 6.88. The van der Waals surface area contributed by atoms with Crippen molar-refractivity contribution in [3.63, 3.8) is 0 Å². The van der Waals surface area contributed by atoms with Crippen molar-refractivity contribution in [3.8, 4) is 6.07 Å². The van der Waals surface area contributed by atoms with E-state index < -0.39 is 5.41 Å². The molecule has 0 radical (unpaired) electrons. The molecule has 0 aromatic heterocycles. The van der Waals surface area contributed by atoms with Crippen LogP contribution in [0.15, 0.2) is 0 Å². The Morgan fingerprint density at radius 2 is 1.94 bits per heavy atom. The fraction of sp³-hybridized carbons (Fsp3) is 0.867. The maximum absolute atomic E-state index is 12.6. The molecule has 1 aliphatic carbocycles. The maximum Gasteiger partial charge on any atom is 0.243 e. The summed E-state index contributed by atoms with van der Waals surface area (Å²) >= 11 is 0. The van der Waals surface area contributed by atoms with E-state index in [1.165, 1.54) is 0 Å².